The Hall–Kier alpha value is 0.140. The van der Waals surface area contributed by atoms with Gasteiger partial charge in [-0.15, -0.1) is 11.3 Å². The molecule has 1 aromatic rings. The van der Waals surface area contributed by atoms with Crippen molar-refractivity contribution in [3.05, 3.63) is 20.3 Å². The average molecular weight is 318 g/mol. The smallest absolute Gasteiger partial charge is 0.0731 e. The molecule has 1 heterocycles. The number of aryl methyl sites for hydroxylation is 1. The predicted molar refractivity (Wildman–Crippen MR) is 81.9 cm³/mol. The van der Waals surface area contributed by atoms with Crippen molar-refractivity contribution in [3.8, 4) is 0 Å². The van der Waals surface area contributed by atoms with Crippen LogP contribution in [0.3, 0.4) is 0 Å². The SMILES string of the molecule is CCCCC(C)C(NCC)c1cc(C)c(Br)s1. The van der Waals surface area contributed by atoms with E-state index >= 15 is 0 Å². The highest BCUT2D eigenvalue weighted by Gasteiger charge is 2.20. The van der Waals surface area contributed by atoms with E-state index in [-0.39, 0.29) is 0 Å². The minimum absolute atomic E-state index is 0.515. The van der Waals surface area contributed by atoms with Gasteiger partial charge in [0.2, 0.25) is 0 Å². The summed E-state index contributed by atoms with van der Waals surface area (Å²) in [5.41, 5.74) is 1.36. The zero-order chi connectivity index (χ0) is 12.8. The number of nitrogens with one attached hydrogen (secondary N) is 1. The van der Waals surface area contributed by atoms with Gasteiger partial charge >= 0.3 is 0 Å². The number of halogens is 1. The Morgan fingerprint density at radius 1 is 1.41 bits per heavy atom. The number of hydrogen-bond acceptors (Lipinski definition) is 2. The first-order valence-corrected chi connectivity index (χ1v) is 8.20. The average Bonchev–Trinajstić information content (AvgIpc) is 2.63. The van der Waals surface area contributed by atoms with Gasteiger partial charge in [0, 0.05) is 10.9 Å². The second kappa shape index (κ2) is 7.55. The van der Waals surface area contributed by atoms with Gasteiger partial charge in [-0.2, -0.15) is 0 Å². The molecule has 2 atom stereocenters. The minimum atomic E-state index is 0.515. The van der Waals surface area contributed by atoms with Crippen LogP contribution in [0.5, 0.6) is 0 Å². The van der Waals surface area contributed by atoms with E-state index in [9.17, 15) is 0 Å². The second-order valence-corrected chi connectivity index (χ2v) is 7.16. The summed E-state index contributed by atoms with van der Waals surface area (Å²) >= 11 is 5.51. The first-order chi connectivity index (χ1) is 8.10. The van der Waals surface area contributed by atoms with Crippen LogP contribution in [0.1, 0.15) is 56.5 Å². The van der Waals surface area contributed by atoms with Gasteiger partial charge in [-0.05, 0) is 53.4 Å². The molecule has 1 rings (SSSR count). The van der Waals surface area contributed by atoms with Crippen molar-refractivity contribution in [1.82, 2.24) is 5.32 Å². The molecule has 0 radical (unpaired) electrons. The van der Waals surface area contributed by atoms with Crippen molar-refractivity contribution in [2.24, 2.45) is 5.92 Å². The molecule has 0 bridgehead atoms. The molecule has 0 aliphatic rings. The van der Waals surface area contributed by atoms with Gasteiger partial charge in [0.1, 0.15) is 0 Å². The lowest BCUT2D eigenvalue weighted by molar-refractivity contribution is 0.367. The number of rotatable bonds is 7. The van der Waals surface area contributed by atoms with Crippen molar-refractivity contribution in [3.63, 3.8) is 0 Å². The zero-order valence-electron chi connectivity index (χ0n) is 11.3. The molecule has 2 unspecified atom stereocenters. The van der Waals surface area contributed by atoms with Crippen LogP contribution in [0.2, 0.25) is 0 Å². The number of unbranched alkanes of at least 4 members (excludes halogenated alkanes) is 1. The third-order valence-corrected chi connectivity index (χ3v) is 5.41. The molecule has 0 fully saturated rings. The molecule has 1 aromatic heterocycles. The predicted octanol–water partition coefficient (Wildman–Crippen LogP) is 5.30. The van der Waals surface area contributed by atoms with Crippen molar-refractivity contribution in [1.29, 1.82) is 0 Å². The lowest BCUT2D eigenvalue weighted by atomic mass is 9.94. The maximum Gasteiger partial charge on any atom is 0.0731 e. The molecule has 0 spiro atoms. The fourth-order valence-electron chi connectivity index (χ4n) is 2.13. The molecular formula is C14H24BrNS. The highest BCUT2D eigenvalue weighted by atomic mass is 79.9. The van der Waals surface area contributed by atoms with E-state index in [1.54, 1.807) is 0 Å². The van der Waals surface area contributed by atoms with Crippen molar-refractivity contribution in [2.75, 3.05) is 6.54 Å². The Kier molecular flexibility index (Phi) is 6.75. The van der Waals surface area contributed by atoms with Crippen molar-refractivity contribution in [2.45, 2.75) is 53.0 Å². The molecule has 0 aromatic carbocycles. The largest absolute Gasteiger partial charge is 0.309 e. The van der Waals surface area contributed by atoms with Crippen LogP contribution < -0.4 is 5.32 Å². The summed E-state index contributed by atoms with van der Waals surface area (Å²) in [6, 6.07) is 2.84. The summed E-state index contributed by atoms with van der Waals surface area (Å²) in [5, 5.41) is 3.64. The minimum Gasteiger partial charge on any atom is -0.309 e. The van der Waals surface area contributed by atoms with Gasteiger partial charge in [-0.3, -0.25) is 0 Å². The van der Waals surface area contributed by atoms with Crippen molar-refractivity contribution < 1.29 is 0 Å². The molecule has 0 saturated heterocycles. The Labute approximate surface area is 118 Å². The third kappa shape index (κ3) is 4.38. The molecule has 1 nitrogen and oxygen atoms in total. The van der Waals surface area contributed by atoms with Gasteiger partial charge in [0.25, 0.3) is 0 Å². The normalized spacial score (nSPS) is 14.9. The summed E-state index contributed by atoms with van der Waals surface area (Å²) in [6.45, 7) is 10.0. The summed E-state index contributed by atoms with van der Waals surface area (Å²) in [5.74, 6) is 0.708. The summed E-state index contributed by atoms with van der Waals surface area (Å²) in [4.78, 5) is 1.47. The summed E-state index contributed by atoms with van der Waals surface area (Å²) < 4.78 is 1.28. The summed E-state index contributed by atoms with van der Waals surface area (Å²) in [7, 11) is 0. The van der Waals surface area contributed by atoms with E-state index in [2.05, 4.69) is 55.0 Å². The first kappa shape index (κ1) is 15.2. The Bertz CT molecular complexity index is 315. The quantitative estimate of drug-likeness (QED) is 0.720. The van der Waals surface area contributed by atoms with Gasteiger partial charge in [-0.25, -0.2) is 0 Å². The fraction of sp³-hybridized carbons (Fsp3) is 0.714. The van der Waals surface area contributed by atoms with Gasteiger partial charge in [0.15, 0.2) is 0 Å². The topological polar surface area (TPSA) is 12.0 Å². The molecule has 0 aliphatic heterocycles. The standard InChI is InChI=1S/C14H24BrNS/c1-5-7-8-10(3)13(16-6-2)12-9-11(4)14(15)17-12/h9-10,13,16H,5-8H2,1-4H3. The molecule has 0 amide bonds. The number of thiophene rings is 1. The summed E-state index contributed by atoms with van der Waals surface area (Å²) in [6.07, 6.45) is 3.92. The van der Waals surface area contributed by atoms with Crippen molar-refractivity contribution >= 4 is 27.3 Å². The zero-order valence-corrected chi connectivity index (χ0v) is 13.7. The fourth-order valence-corrected chi connectivity index (χ4v) is 3.91. The molecule has 0 saturated carbocycles. The van der Waals surface area contributed by atoms with E-state index in [1.807, 2.05) is 11.3 Å². The molecule has 1 N–H and O–H groups in total. The Morgan fingerprint density at radius 2 is 2.12 bits per heavy atom. The first-order valence-electron chi connectivity index (χ1n) is 6.59. The van der Waals surface area contributed by atoms with E-state index in [0.29, 0.717) is 12.0 Å². The van der Waals surface area contributed by atoms with Crippen LogP contribution in [0.25, 0.3) is 0 Å². The van der Waals surface area contributed by atoms with Crippen LogP contribution in [0.15, 0.2) is 9.85 Å². The lowest BCUT2D eigenvalue weighted by Gasteiger charge is -2.23. The Balaban J connectivity index is 2.77. The van der Waals surface area contributed by atoms with Gasteiger partial charge in [-0.1, -0.05) is 33.6 Å². The van der Waals surface area contributed by atoms with E-state index in [4.69, 9.17) is 0 Å². The molecule has 3 heteroatoms. The number of hydrogen-bond donors (Lipinski definition) is 1. The van der Waals surface area contributed by atoms with Crippen LogP contribution in [0.4, 0.5) is 0 Å². The lowest BCUT2D eigenvalue weighted by Crippen LogP contribution is -2.26. The molecule has 98 valence electrons. The van der Waals surface area contributed by atoms with E-state index in [1.165, 1.54) is 33.5 Å². The second-order valence-electron chi connectivity index (χ2n) is 4.76. The monoisotopic (exact) mass is 317 g/mol. The third-order valence-electron chi connectivity index (χ3n) is 3.19. The Morgan fingerprint density at radius 3 is 2.59 bits per heavy atom. The maximum atomic E-state index is 3.64. The van der Waals surface area contributed by atoms with Crippen LogP contribution in [0, 0.1) is 12.8 Å². The van der Waals surface area contributed by atoms with Gasteiger partial charge < -0.3 is 5.32 Å². The highest BCUT2D eigenvalue weighted by Crippen LogP contribution is 2.35. The van der Waals surface area contributed by atoms with E-state index < -0.39 is 0 Å². The maximum absolute atomic E-state index is 3.64. The highest BCUT2D eigenvalue weighted by molar-refractivity contribution is 9.11. The van der Waals surface area contributed by atoms with E-state index in [0.717, 1.165) is 6.54 Å². The molecule has 0 aliphatic carbocycles. The molecular weight excluding hydrogens is 294 g/mol. The van der Waals surface area contributed by atoms with Crippen LogP contribution in [-0.4, -0.2) is 6.54 Å². The van der Waals surface area contributed by atoms with Crippen LogP contribution in [-0.2, 0) is 0 Å². The van der Waals surface area contributed by atoms with Crippen LogP contribution >= 0.6 is 27.3 Å². The van der Waals surface area contributed by atoms with Gasteiger partial charge in [0.05, 0.1) is 3.79 Å². The molecule has 17 heavy (non-hydrogen) atoms.